The van der Waals surface area contributed by atoms with Crippen LogP contribution in [0.3, 0.4) is 0 Å². The van der Waals surface area contributed by atoms with Crippen molar-refractivity contribution >= 4 is 46.3 Å². The second kappa shape index (κ2) is 9.19. The van der Waals surface area contributed by atoms with Gasteiger partial charge in [0.1, 0.15) is 17.7 Å². The van der Waals surface area contributed by atoms with E-state index in [0.717, 1.165) is 10.5 Å². The molecule has 0 radical (unpaired) electrons. The molecular weight excluding hydrogens is 472 g/mol. The summed E-state index contributed by atoms with van der Waals surface area (Å²) in [7, 11) is 1.65. The van der Waals surface area contributed by atoms with Gasteiger partial charge in [0.15, 0.2) is 0 Å². The Kier molecular flexibility index (Phi) is 6.07. The maximum atomic E-state index is 12.9. The minimum atomic E-state index is -0.519. The number of aromatic nitrogens is 3. The van der Waals surface area contributed by atoms with E-state index in [-0.39, 0.29) is 30.2 Å². The van der Waals surface area contributed by atoms with Gasteiger partial charge < -0.3 is 15.4 Å². The minimum absolute atomic E-state index is 0.131. The van der Waals surface area contributed by atoms with Crippen molar-refractivity contribution in [3.8, 4) is 0 Å². The van der Waals surface area contributed by atoms with Crippen LogP contribution in [0.15, 0.2) is 44.8 Å². The standard InChI is InChI=1S/C23H24N6O5S/c1-13-4-3-5-15-19(13)21(31)28(22(32)27(15)2)9-8-24-10-14-11-29(23(33)34-14)17-7-6-16-20(25-17)26-18(30)12-35-16/h3-7,14,24H,8-12H2,1-2H3,(H,25,26,30)/t14-/m0/s1. The molecule has 1 aromatic carbocycles. The summed E-state index contributed by atoms with van der Waals surface area (Å²) in [6.07, 6.45) is -0.947. The van der Waals surface area contributed by atoms with E-state index in [2.05, 4.69) is 15.6 Å². The predicted octanol–water partition coefficient (Wildman–Crippen LogP) is 1.06. The second-order valence-corrected chi connectivity index (χ2v) is 9.46. The highest BCUT2D eigenvalue weighted by molar-refractivity contribution is 8.00. The molecule has 0 saturated carbocycles. The molecule has 2 aromatic heterocycles. The van der Waals surface area contributed by atoms with E-state index in [1.165, 1.54) is 25.8 Å². The van der Waals surface area contributed by atoms with Gasteiger partial charge in [-0.3, -0.25) is 23.6 Å². The number of carbonyl (C=O) groups is 2. The number of hydrogen-bond donors (Lipinski definition) is 2. The van der Waals surface area contributed by atoms with Crippen LogP contribution in [0.2, 0.25) is 0 Å². The largest absolute Gasteiger partial charge is 0.443 e. The van der Waals surface area contributed by atoms with Gasteiger partial charge in [-0.2, -0.15) is 0 Å². The summed E-state index contributed by atoms with van der Waals surface area (Å²) in [6, 6.07) is 8.98. The molecule has 5 rings (SSSR count). The van der Waals surface area contributed by atoms with Crippen molar-refractivity contribution in [2.75, 3.05) is 35.6 Å². The molecule has 1 saturated heterocycles. The first-order chi connectivity index (χ1) is 16.8. The van der Waals surface area contributed by atoms with Crippen molar-refractivity contribution in [2.45, 2.75) is 24.5 Å². The third-order valence-corrected chi connectivity index (χ3v) is 7.13. The number of ether oxygens (including phenoxy) is 1. The molecule has 1 atom stereocenters. The molecule has 1 fully saturated rings. The lowest BCUT2D eigenvalue weighted by Crippen LogP contribution is -2.42. The van der Waals surface area contributed by atoms with Crippen LogP contribution in [-0.4, -0.2) is 57.6 Å². The lowest BCUT2D eigenvalue weighted by molar-refractivity contribution is -0.113. The van der Waals surface area contributed by atoms with Crippen molar-refractivity contribution in [3.05, 3.63) is 56.7 Å². The fraction of sp³-hybridized carbons (Fsp3) is 0.348. The van der Waals surface area contributed by atoms with E-state index >= 15 is 0 Å². The summed E-state index contributed by atoms with van der Waals surface area (Å²) in [5.41, 5.74) is 0.732. The van der Waals surface area contributed by atoms with Gasteiger partial charge in [0, 0.05) is 26.7 Å². The summed E-state index contributed by atoms with van der Waals surface area (Å²) in [4.78, 5) is 56.4. The molecular formula is C23H24N6O5S. The molecule has 2 N–H and O–H groups in total. The minimum Gasteiger partial charge on any atom is -0.443 e. The topological polar surface area (TPSA) is 128 Å². The number of amides is 2. The highest BCUT2D eigenvalue weighted by Crippen LogP contribution is 2.32. The number of aryl methyl sites for hydroxylation is 2. The smallest absolute Gasteiger partial charge is 0.416 e. The lowest BCUT2D eigenvalue weighted by atomic mass is 10.1. The van der Waals surface area contributed by atoms with E-state index in [1.54, 1.807) is 19.2 Å². The summed E-state index contributed by atoms with van der Waals surface area (Å²) < 4.78 is 8.14. The highest BCUT2D eigenvalue weighted by Gasteiger charge is 2.33. The number of rotatable bonds is 6. The first-order valence-electron chi connectivity index (χ1n) is 11.1. The molecule has 0 aliphatic carbocycles. The Morgan fingerprint density at radius 1 is 1.20 bits per heavy atom. The second-order valence-electron chi connectivity index (χ2n) is 8.44. The van der Waals surface area contributed by atoms with Crippen LogP contribution in [-0.2, 0) is 23.1 Å². The van der Waals surface area contributed by atoms with Gasteiger partial charge in [0.05, 0.1) is 28.1 Å². The zero-order valence-corrected chi connectivity index (χ0v) is 20.1. The van der Waals surface area contributed by atoms with Gasteiger partial charge in [-0.25, -0.2) is 14.6 Å². The molecule has 4 heterocycles. The number of thioether (sulfide) groups is 1. The Bertz CT molecular complexity index is 1470. The van der Waals surface area contributed by atoms with E-state index in [9.17, 15) is 19.2 Å². The number of nitrogens with zero attached hydrogens (tertiary/aromatic N) is 4. The van der Waals surface area contributed by atoms with E-state index in [0.29, 0.717) is 41.4 Å². The summed E-state index contributed by atoms with van der Waals surface area (Å²) in [6.45, 7) is 3.02. The molecule has 0 unspecified atom stereocenters. The van der Waals surface area contributed by atoms with Crippen LogP contribution in [0.25, 0.3) is 10.9 Å². The lowest BCUT2D eigenvalue weighted by Gasteiger charge is -2.18. The normalized spacial score (nSPS) is 17.4. The van der Waals surface area contributed by atoms with Crippen LogP contribution in [0.1, 0.15) is 5.56 Å². The molecule has 0 spiro atoms. The Labute approximate surface area is 204 Å². The molecule has 11 nitrogen and oxygen atoms in total. The highest BCUT2D eigenvalue weighted by atomic mass is 32.2. The fourth-order valence-corrected chi connectivity index (χ4v) is 5.04. The molecule has 12 heteroatoms. The molecule has 2 amide bonds. The van der Waals surface area contributed by atoms with Crippen LogP contribution >= 0.6 is 11.8 Å². The number of fused-ring (bicyclic) bond motifs is 2. The first-order valence-corrected chi connectivity index (χ1v) is 12.1. The molecule has 2 aliphatic rings. The summed E-state index contributed by atoms with van der Waals surface area (Å²) >= 11 is 1.40. The SMILES string of the molecule is Cc1cccc2c1c(=O)n(CCNC[C@H]1CN(c3ccc4c(n3)NC(=O)CS4)C(=O)O1)c(=O)n2C. The zero-order valence-electron chi connectivity index (χ0n) is 19.2. The average Bonchev–Trinajstić information content (AvgIpc) is 3.21. The Balaban J connectivity index is 1.22. The average molecular weight is 497 g/mol. The number of hydrogen-bond acceptors (Lipinski definition) is 8. The monoisotopic (exact) mass is 496 g/mol. The predicted molar refractivity (Wildman–Crippen MR) is 132 cm³/mol. The molecule has 2 aliphatic heterocycles. The number of nitrogens with one attached hydrogen (secondary N) is 2. The molecule has 182 valence electrons. The number of cyclic esters (lactones) is 1. The van der Waals surface area contributed by atoms with Crippen molar-refractivity contribution in [2.24, 2.45) is 7.05 Å². The van der Waals surface area contributed by atoms with Crippen molar-refractivity contribution in [3.63, 3.8) is 0 Å². The molecule has 3 aromatic rings. The van der Waals surface area contributed by atoms with E-state index in [4.69, 9.17) is 4.74 Å². The number of pyridine rings is 1. The third-order valence-electron chi connectivity index (χ3n) is 6.08. The van der Waals surface area contributed by atoms with Gasteiger partial charge in [-0.15, -0.1) is 11.8 Å². The van der Waals surface area contributed by atoms with Crippen molar-refractivity contribution in [1.29, 1.82) is 0 Å². The van der Waals surface area contributed by atoms with Gasteiger partial charge in [-0.05, 0) is 30.7 Å². The van der Waals surface area contributed by atoms with Gasteiger partial charge in [0.2, 0.25) is 5.91 Å². The quantitative estimate of drug-likeness (QED) is 0.485. The number of carbonyl (C=O) groups excluding carboxylic acids is 2. The van der Waals surface area contributed by atoms with Crippen LogP contribution < -0.4 is 26.8 Å². The number of anilines is 2. The Hall–Kier alpha value is -3.64. The van der Waals surface area contributed by atoms with Crippen molar-refractivity contribution in [1.82, 2.24) is 19.4 Å². The van der Waals surface area contributed by atoms with Gasteiger partial charge in [0.25, 0.3) is 5.56 Å². The fourth-order valence-electron chi connectivity index (χ4n) is 4.29. The van der Waals surface area contributed by atoms with Crippen LogP contribution in [0, 0.1) is 6.92 Å². The van der Waals surface area contributed by atoms with E-state index in [1.807, 2.05) is 25.1 Å². The van der Waals surface area contributed by atoms with Crippen LogP contribution in [0.4, 0.5) is 16.4 Å². The number of benzene rings is 1. The van der Waals surface area contributed by atoms with Gasteiger partial charge in [-0.1, -0.05) is 12.1 Å². The maximum absolute atomic E-state index is 12.9. The summed E-state index contributed by atoms with van der Waals surface area (Å²) in [5, 5.41) is 6.42. The first kappa shape index (κ1) is 23.1. The Morgan fingerprint density at radius 3 is 2.86 bits per heavy atom. The summed E-state index contributed by atoms with van der Waals surface area (Å²) in [5.74, 6) is 1.05. The van der Waals surface area contributed by atoms with Gasteiger partial charge >= 0.3 is 11.8 Å². The zero-order chi connectivity index (χ0) is 24.7. The molecule has 35 heavy (non-hydrogen) atoms. The maximum Gasteiger partial charge on any atom is 0.416 e. The van der Waals surface area contributed by atoms with E-state index < -0.39 is 12.2 Å². The van der Waals surface area contributed by atoms with Crippen LogP contribution in [0.5, 0.6) is 0 Å². The third kappa shape index (κ3) is 4.30. The molecule has 0 bridgehead atoms. The van der Waals surface area contributed by atoms with Crippen molar-refractivity contribution < 1.29 is 14.3 Å². The Morgan fingerprint density at radius 2 is 2.03 bits per heavy atom.